The highest BCUT2D eigenvalue weighted by Crippen LogP contribution is 2.34. The maximum Gasteiger partial charge on any atom is 0.252 e. The lowest BCUT2D eigenvalue weighted by Crippen LogP contribution is -2.33. The molecule has 0 aliphatic carbocycles. The van der Waals surface area contributed by atoms with Gasteiger partial charge in [0, 0.05) is 42.2 Å². The van der Waals surface area contributed by atoms with Crippen LogP contribution in [0, 0.1) is 0 Å². The number of hydrogen-bond donors (Lipinski definition) is 1. The van der Waals surface area contributed by atoms with E-state index in [4.69, 9.17) is 0 Å². The molecule has 0 atom stereocenters. The number of hydrogen-bond acceptors (Lipinski definition) is 5. The zero-order valence-electron chi connectivity index (χ0n) is 28.9. The summed E-state index contributed by atoms with van der Waals surface area (Å²) in [5, 5.41) is 3.17. The summed E-state index contributed by atoms with van der Waals surface area (Å²) in [6.45, 7) is 9.12. The summed E-state index contributed by atoms with van der Waals surface area (Å²) in [5.41, 5.74) is 2.04. The van der Waals surface area contributed by atoms with E-state index in [1.165, 1.54) is 87.5 Å². The summed E-state index contributed by atoms with van der Waals surface area (Å²) in [6, 6.07) is 0. The Kier molecular flexibility index (Phi) is 21.4. The topological polar surface area (TPSA) is 52.7 Å². The number of thiophene rings is 1. The number of Topliss-reactive ketones (excluding diaryl/α,β-unsaturated/α-hetero) is 1. The molecule has 0 saturated heterocycles. The molecule has 0 radical (unpaired) electrons. The Morgan fingerprint density at radius 1 is 0.841 bits per heavy atom. The molecule has 1 amide bonds. The van der Waals surface area contributed by atoms with Crippen LogP contribution >= 0.6 is 11.3 Å². The number of fused-ring (bicyclic) bond motifs is 1. The molecule has 250 valence electrons. The molecule has 44 heavy (non-hydrogen) atoms. The summed E-state index contributed by atoms with van der Waals surface area (Å²) < 4.78 is 0. The fraction of sp³-hybridized carbons (Fsp3) is 0.737. The van der Waals surface area contributed by atoms with Crippen molar-refractivity contribution >= 4 is 23.0 Å². The van der Waals surface area contributed by atoms with Gasteiger partial charge in [-0.2, -0.15) is 0 Å². The highest BCUT2D eigenvalue weighted by Gasteiger charge is 2.28. The Bertz CT molecular complexity index is 981. The number of rotatable bonds is 26. The van der Waals surface area contributed by atoms with Crippen molar-refractivity contribution in [2.75, 3.05) is 40.3 Å². The van der Waals surface area contributed by atoms with E-state index >= 15 is 0 Å². The first-order chi connectivity index (χ1) is 21.5. The number of allylic oxidation sites excluding steroid dienone is 4. The maximum atomic E-state index is 13.4. The maximum absolute atomic E-state index is 13.4. The van der Waals surface area contributed by atoms with Gasteiger partial charge in [0.15, 0.2) is 0 Å². The van der Waals surface area contributed by atoms with Crippen LogP contribution in [0.25, 0.3) is 0 Å². The normalized spacial score (nSPS) is 13.8. The van der Waals surface area contributed by atoms with E-state index in [1.54, 1.807) is 11.3 Å². The third-order valence-corrected chi connectivity index (χ3v) is 9.81. The average molecular weight is 628 g/mol. The monoisotopic (exact) mass is 627 g/mol. The lowest BCUT2D eigenvalue weighted by Gasteiger charge is -2.27. The quantitative estimate of drug-likeness (QED) is 0.0822. The molecule has 1 aliphatic rings. The number of nitrogens with one attached hydrogen (secondary N) is 1. The van der Waals surface area contributed by atoms with Gasteiger partial charge in [0.05, 0.1) is 5.56 Å². The summed E-state index contributed by atoms with van der Waals surface area (Å²) in [5.74, 6) is 0.308. The van der Waals surface area contributed by atoms with Crippen molar-refractivity contribution in [1.29, 1.82) is 0 Å². The van der Waals surface area contributed by atoms with E-state index < -0.39 is 0 Å². The van der Waals surface area contributed by atoms with Gasteiger partial charge in [-0.25, -0.2) is 0 Å². The van der Waals surface area contributed by atoms with Gasteiger partial charge >= 0.3 is 0 Å². The van der Waals surface area contributed by atoms with E-state index in [9.17, 15) is 9.59 Å². The number of carbonyl (C=O) groups excluding carboxylic acids is 2. The number of ketones is 1. The van der Waals surface area contributed by atoms with Gasteiger partial charge in [-0.1, -0.05) is 95.9 Å². The first-order valence-corrected chi connectivity index (χ1v) is 18.9. The van der Waals surface area contributed by atoms with E-state index in [2.05, 4.69) is 67.4 Å². The molecular formula is C38H65N3O2S. The van der Waals surface area contributed by atoms with Crippen molar-refractivity contribution in [3.8, 4) is 0 Å². The third-order valence-electron chi connectivity index (χ3n) is 8.60. The Hall–Kier alpha value is -1.76. The standard InChI is InChI=1S/C38H65N3O2S/c1-5-7-9-11-12-13-14-15-16-17-18-19-20-21-23-29-41-30-26-34-36(32-41)44-35(31-33(42)25-22-10-8-6-2)37(34)38(43)39-27-24-28-40(3)4/h11-12,14-15H,5-10,13,16-32H2,1-4H3,(H,39,43)/b12-11-,15-14-. The molecule has 2 rings (SSSR count). The number of nitrogens with zero attached hydrogens (tertiary/aromatic N) is 2. The largest absolute Gasteiger partial charge is 0.352 e. The highest BCUT2D eigenvalue weighted by atomic mass is 32.1. The molecule has 6 heteroatoms. The molecule has 1 aliphatic heterocycles. The second-order valence-electron chi connectivity index (χ2n) is 13.0. The SMILES string of the molecule is CCCC/C=C\C/C=C\CCCCCCCCN1CCc2c(sc(CC(=O)CCCCCC)c2C(=O)NCCCN(C)C)C1. The Morgan fingerprint density at radius 2 is 1.52 bits per heavy atom. The lowest BCUT2D eigenvalue weighted by molar-refractivity contribution is -0.118. The van der Waals surface area contributed by atoms with Crippen molar-refractivity contribution in [3.05, 3.63) is 45.2 Å². The third kappa shape index (κ3) is 16.5. The highest BCUT2D eigenvalue weighted by molar-refractivity contribution is 7.12. The van der Waals surface area contributed by atoms with E-state index in [0.717, 1.165) is 68.7 Å². The lowest BCUT2D eigenvalue weighted by atomic mass is 9.98. The molecule has 1 aromatic heterocycles. The van der Waals surface area contributed by atoms with Gasteiger partial charge in [-0.05, 0) is 84.1 Å². The van der Waals surface area contributed by atoms with E-state index in [0.29, 0.717) is 19.4 Å². The number of unbranched alkanes of at least 4 members (excludes halogenated alkanes) is 11. The fourth-order valence-corrected chi connectivity index (χ4v) is 7.35. The van der Waals surface area contributed by atoms with Crippen LogP contribution in [0.5, 0.6) is 0 Å². The van der Waals surface area contributed by atoms with Crippen LogP contribution in [-0.4, -0.2) is 61.8 Å². The molecule has 0 saturated carbocycles. The molecular weight excluding hydrogens is 563 g/mol. The van der Waals surface area contributed by atoms with Crippen LogP contribution in [0.2, 0.25) is 0 Å². The van der Waals surface area contributed by atoms with Gasteiger partial charge in [0.25, 0.3) is 5.91 Å². The fourth-order valence-electron chi connectivity index (χ4n) is 5.93. The summed E-state index contributed by atoms with van der Waals surface area (Å²) in [6.07, 6.45) is 30.5. The van der Waals surface area contributed by atoms with Gasteiger partial charge in [0.2, 0.25) is 0 Å². The molecule has 2 heterocycles. The first-order valence-electron chi connectivity index (χ1n) is 18.1. The minimum absolute atomic E-state index is 0.0261. The van der Waals surface area contributed by atoms with Crippen molar-refractivity contribution in [3.63, 3.8) is 0 Å². The summed E-state index contributed by atoms with van der Waals surface area (Å²) in [7, 11) is 4.12. The van der Waals surface area contributed by atoms with Gasteiger partial charge in [0.1, 0.15) is 5.78 Å². The summed E-state index contributed by atoms with van der Waals surface area (Å²) in [4.78, 5) is 33.3. The molecule has 5 nitrogen and oxygen atoms in total. The molecule has 0 unspecified atom stereocenters. The van der Waals surface area contributed by atoms with Crippen molar-refractivity contribution in [2.24, 2.45) is 0 Å². The minimum atomic E-state index is 0.0261. The van der Waals surface area contributed by atoms with Crippen molar-refractivity contribution < 1.29 is 9.59 Å². The molecule has 0 fully saturated rings. The summed E-state index contributed by atoms with van der Waals surface area (Å²) >= 11 is 1.73. The Balaban J connectivity index is 1.76. The number of carbonyl (C=O) groups is 2. The minimum Gasteiger partial charge on any atom is -0.352 e. The van der Waals surface area contributed by atoms with Crippen LogP contribution in [0.1, 0.15) is 149 Å². The van der Waals surface area contributed by atoms with Crippen molar-refractivity contribution in [1.82, 2.24) is 15.1 Å². The molecule has 1 aromatic rings. The van der Waals surface area contributed by atoms with Crippen LogP contribution in [0.15, 0.2) is 24.3 Å². The van der Waals surface area contributed by atoms with Crippen LogP contribution in [-0.2, 0) is 24.2 Å². The second-order valence-corrected chi connectivity index (χ2v) is 14.2. The van der Waals surface area contributed by atoms with E-state index in [1.807, 2.05) is 0 Å². The molecule has 0 aromatic carbocycles. The number of amides is 1. The second kappa shape index (κ2) is 24.5. The Morgan fingerprint density at radius 3 is 2.25 bits per heavy atom. The van der Waals surface area contributed by atoms with Gasteiger partial charge in [-0.3, -0.25) is 14.5 Å². The van der Waals surface area contributed by atoms with E-state index in [-0.39, 0.29) is 11.7 Å². The smallest absolute Gasteiger partial charge is 0.252 e. The van der Waals surface area contributed by atoms with Gasteiger partial charge < -0.3 is 10.2 Å². The van der Waals surface area contributed by atoms with Crippen LogP contribution in [0.4, 0.5) is 0 Å². The van der Waals surface area contributed by atoms with Crippen molar-refractivity contribution in [2.45, 2.75) is 142 Å². The zero-order chi connectivity index (χ0) is 31.8. The molecule has 0 spiro atoms. The van der Waals surface area contributed by atoms with Gasteiger partial charge in [-0.15, -0.1) is 11.3 Å². The predicted molar refractivity (Wildman–Crippen MR) is 191 cm³/mol. The van der Waals surface area contributed by atoms with Crippen LogP contribution < -0.4 is 5.32 Å². The average Bonchev–Trinajstić information content (AvgIpc) is 3.36. The van der Waals surface area contributed by atoms with Crippen LogP contribution in [0.3, 0.4) is 0 Å². The Labute approximate surface area is 274 Å². The zero-order valence-corrected chi connectivity index (χ0v) is 29.7. The molecule has 0 bridgehead atoms. The predicted octanol–water partition coefficient (Wildman–Crippen LogP) is 9.29. The molecule has 1 N–H and O–H groups in total. The first kappa shape index (κ1) is 38.4.